The molecule has 16 N–H and O–H groups in total. The molecule has 73 heavy (non-hydrogen) atoms. The van der Waals surface area contributed by atoms with E-state index in [0.29, 0.717) is 17.7 Å². The van der Waals surface area contributed by atoms with Gasteiger partial charge < -0.3 is 79.0 Å². The molecule has 27 heteroatoms. The third-order valence-corrected chi connectivity index (χ3v) is 11.5. The summed E-state index contributed by atoms with van der Waals surface area (Å²) >= 11 is 1.51. The molecular weight excluding hydrogens is 979 g/mol. The number of aliphatic carboxylic acids is 2. The van der Waals surface area contributed by atoms with Gasteiger partial charge in [0.2, 0.25) is 53.2 Å². The summed E-state index contributed by atoms with van der Waals surface area (Å²) in [6.07, 6.45) is 1.29. The van der Waals surface area contributed by atoms with Gasteiger partial charge in [0.1, 0.15) is 30.2 Å². The highest BCUT2D eigenvalue weighted by Gasteiger charge is 2.33. The Morgan fingerprint density at radius 2 is 1.10 bits per heavy atom. The maximum absolute atomic E-state index is 14.0. The number of nitrogens with one attached hydrogen (secondary N) is 10. The average Bonchev–Trinajstić information content (AvgIpc) is 3.73. The molecule has 2 aromatic rings. The Labute approximate surface area is 426 Å². The van der Waals surface area contributed by atoms with E-state index < -0.39 is 153 Å². The molecule has 0 radical (unpaired) electrons. The van der Waals surface area contributed by atoms with Gasteiger partial charge in [-0.15, -0.1) is 0 Å². The van der Waals surface area contributed by atoms with Crippen LogP contribution in [0.4, 0.5) is 0 Å². The molecule has 406 valence electrons. The summed E-state index contributed by atoms with van der Waals surface area (Å²) in [5.74, 6) is -10.5. The third-order valence-electron chi connectivity index (χ3n) is 10.8. The topological polar surface area (TPSA) is 419 Å². The van der Waals surface area contributed by atoms with Crippen molar-refractivity contribution >= 4 is 87.8 Å². The van der Waals surface area contributed by atoms with Crippen LogP contribution in [-0.4, -0.2) is 177 Å². The summed E-state index contributed by atoms with van der Waals surface area (Å²) in [5.41, 5.74) is 7.38. The van der Waals surface area contributed by atoms with Crippen LogP contribution in [0.2, 0.25) is 0 Å². The number of rotatable bonds is 33. The van der Waals surface area contributed by atoms with E-state index in [4.69, 9.17) is 10.8 Å². The number of hydrogen-bond donors (Lipinski definition) is 15. The van der Waals surface area contributed by atoms with Crippen molar-refractivity contribution in [3.8, 4) is 0 Å². The number of H-pyrrole nitrogens is 1. The van der Waals surface area contributed by atoms with Gasteiger partial charge >= 0.3 is 11.9 Å². The SMILES string of the molecule is CSCC[C@H](N)C(=O)NCC(=O)N[C@@H](Cc1c[nH]c2ccccc12)C(=O)N[C@@H](CC(C)C)C(=O)NCC(=O)N[C@@H](CC(C)C)C(=O)NCC(=O)N[C@@H](CO)C(=O)N[C@@H](CCC(=O)O)C(=O)N[C@H](C(=O)O)[C@@H](C)O. The van der Waals surface area contributed by atoms with E-state index in [1.54, 1.807) is 33.9 Å². The standard InChI is InChI=1S/C46H71N11O15S/c1-23(2)15-31(41(66)50-21-37(62)54-34(22-58)45(70)55-30(11-12-38(63)64)43(68)57-39(25(5)59)46(71)72)52-36(61)20-51-42(67)32(16-24(3)4)56-44(69)33(17-26-18-48-29-10-8-7-9-27(26)29)53-35(60)19-49-40(65)28(47)13-14-73-6/h7-10,18,23-25,28,30-34,39,48,58-59H,11-17,19-22,47H2,1-6H3,(H,49,65)(H,50,66)(H,51,67)(H,52,61)(H,53,60)(H,54,62)(H,55,70)(H,56,69)(H,57,68)(H,63,64)(H,71,72)/t25-,28+,30+,31+,32+,33+,34+,39+/m1/s1. The summed E-state index contributed by atoms with van der Waals surface area (Å²) in [6, 6.07) is -2.49. The number of aliphatic hydroxyl groups excluding tert-OH is 2. The van der Waals surface area contributed by atoms with Crippen molar-refractivity contribution in [3.63, 3.8) is 0 Å². The number of aromatic amines is 1. The van der Waals surface area contributed by atoms with Crippen molar-refractivity contribution in [2.24, 2.45) is 17.6 Å². The second-order valence-electron chi connectivity index (χ2n) is 18.0. The zero-order chi connectivity index (χ0) is 54.9. The second-order valence-corrected chi connectivity index (χ2v) is 19.0. The maximum atomic E-state index is 14.0. The number of thioether (sulfide) groups is 1. The number of aliphatic hydroxyl groups is 2. The Hall–Kier alpha value is -6.84. The van der Waals surface area contributed by atoms with Gasteiger partial charge in [-0.3, -0.25) is 47.9 Å². The predicted octanol–water partition coefficient (Wildman–Crippen LogP) is -3.54. The summed E-state index contributed by atoms with van der Waals surface area (Å²) in [4.78, 5) is 144. The molecule has 1 aromatic heterocycles. The number of carbonyl (C=O) groups excluding carboxylic acids is 9. The van der Waals surface area contributed by atoms with Gasteiger partial charge in [0.25, 0.3) is 0 Å². The zero-order valence-corrected chi connectivity index (χ0v) is 42.5. The minimum atomic E-state index is -1.82. The Balaban J connectivity index is 2.12. The average molecular weight is 1050 g/mol. The van der Waals surface area contributed by atoms with E-state index in [2.05, 4.69) is 47.5 Å². The fourth-order valence-electron chi connectivity index (χ4n) is 7.05. The number of amides is 9. The van der Waals surface area contributed by atoms with Crippen LogP contribution >= 0.6 is 11.8 Å². The van der Waals surface area contributed by atoms with Crippen molar-refractivity contribution in [3.05, 3.63) is 36.0 Å². The van der Waals surface area contributed by atoms with Crippen LogP contribution in [0.5, 0.6) is 0 Å². The fourth-order valence-corrected chi connectivity index (χ4v) is 7.53. The normalized spacial score (nSPS) is 14.5. The minimum absolute atomic E-state index is 0.0136. The molecule has 9 amide bonds. The van der Waals surface area contributed by atoms with Gasteiger partial charge in [-0.05, 0) is 68.1 Å². The molecule has 0 aliphatic carbocycles. The number of para-hydroxylation sites is 1. The number of hydrogen-bond acceptors (Lipinski definition) is 15. The van der Waals surface area contributed by atoms with Crippen LogP contribution in [0, 0.1) is 11.8 Å². The molecule has 0 saturated carbocycles. The number of nitrogens with two attached hydrogens (primary N) is 1. The minimum Gasteiger partial charge on any atom is -0.481 e. The van der Waals surface area contributed by atoms with Gasteiger partial charge in [0.05, 0.1) is 38.4 Å². The first-order chi connectivity index (χ1) is 34.4. The van der Waals surface area contributed by atoms with Gasteiger partial charge in [-0.25, -0.2) is 4.79 Å². The summed E-state index contributed by atoms with van der Waals surface area (Å²) in [5, 5.41) is 60.2. The quantitative estimate of drug-likeness (QED) is 0.0329. The molecule has 2 rings (SSSR count). The van der Waals surface area contributed by atoms with E-state index in [1.807, 2.05) is 35.8 Å². The van der Waals surface area contributed by atoms with Gasteiger partial charge in [0, 0.05) is 29.9 Å². The molecule has 26 nitrogen and oxygen atoms in total. The number of carbonyl (C=O) groups is 11. The number of benzene rings is 1. The smallest absolute Gasteiger partial charge is 0.328 e. The van der Waals surface area contributed by atoms with E-state index in [-0.39, 0.29) is 31.1 Å². The molecule has 0 fully saturated rings. The Morgan fingerprint density at radius 1 is 0.616 bits per heavy atom. The molecule has 0 unspecified atom stereocenters. The fraction of sp³-hybridized carbons (Fsp3) is 0.587. The lowest BCUT2D eigenvalue weighted by Crippen LogP contribution is -2.58. The van der Waals surface area contributed by atoms with Crippen molar-refractivity contribution in [2.75, 3.05) is 38.2 Å². The summed E-state index contributed by atoms with van der Waals surface area (Å²) in [6.45, 7) is 5.19. The number of carboxylic acids is 2. The maximum Gasteiger partial charge on any atom is 0.328 e. The molecular formula is C46H71N11O15S. The molecule has 0 aliphatic rings. The largest absolute Gasteiger partial charge is 0.481 e. The van der Waals surface area contributed by atoms with Gasteiger partial charge in [-0.2, -0.15) is 11.8 Å². The Morgan fingerprint density at radius 3 is 1.60 bits per heavy atom. The van der Waals surface area contributed by atoms with Gasteiger partial charge in [0.15, 0.2) is 6.04 Å². The number of carboxylic acid groups (broad SMARTS) is 2. The van der Waals surface area contributed by atoms with Gasteiger partial charge in [-0.1, -0.05) is 45.9 Å². The number of aromatic nitrogens is 1. The van der Waals surface area contributed by atoms with E-state index >= 15 is 0 Å². The van der Waals surface area contributed by atoms with Crippen molar-refractivity contribution in [2.45, 2.75) is 122 Å². The molecule has 0 spiro atoms. The van der Waals surface area contributed by atoms with Crippen LogP contribution in [0.3, 0.4) is 0 Å². The predicted molar refractivity (Wildman–Crippen MR) is 266 cm³/mol. The van der Waals surface area contributed by atoms with Crippen LogP contribution in [0.15, 0.2) is 30.5 Å². The first kappa shape index (κ1) is 62.3. The van der Waals surface area contributed by atoms with E-state index in [0.717, 1.165) is 17.8 Å². The zero-order valence-electron chi connectivity index (χ0n) is 41.7. The highest BCUT2D eigenvalue weighted by atomic mass is 32.2. The first-order valence-corrected chi connectivity index (χ1v) is 24.9. The van der Waals surface area contributed by atoms with Crippen LogP contribution in [0.25, 0.3) is 10.9 Å². The highest BCUT2D eigenvalue weighted by molar-refractivity contribution is 7.98. The lowest BCUT2D eigenvalue weighted by atomic mass is 10.0. The van der Waals surface area contributed by atoms with Crippen molar-refractivity contribution in [1.82, 2.24) is 52.8 Å². The number of fused-ring (bicyclic) bond motifs is 1. The Kier molecular flexibility index (Phi) is 26.9. The van der Waals surface area contributed by atoms with Crippen molar-refractivity contribution in [1.29, 1.82) is 0 Å². The molecule has 0 bridgehead atoms. The Bertz CT molecular complexity index is 2240. The summed E-state index contributed by atoms with van der Waals surface area (Å²) in [7, 11) is 0. The van der Waals surface area contributed by atoms with Crippen molar-refractivity contribution < 1.29 is 73.2 Å². The highest BCUT2D eigenvalue weighted by Crippen LogP contribution is 2.19. The molecule has 0 saturated heterocycles. The summed E-state index contributed by atoms with van der Waals surface area (Å²) < 4.78 is 0. The monoisotopic (exact) mass is 1050 g/mol. The molecule has 0 aliphatic heterocycles. The van der Waals surface area contributed by atoms with Crippen LogP contribution in [0.1, 0.15) is 72.3 Å². The van der Waals surface area contributed by atoms with Crippen LogP contribution < -0.4 is 53.6 Å². The second kappa shape index (κ2) is 31.6. The van der Waals surface area contributed by atoms with E-state index in [1.165, 1.54) is 11.8 Å². The lowest BCUT2D eigenvalue weighted by Gasteiger charge is -2.25. The third kappa shape index (κ3) is 22.6. The van der Waals surface area contributed by atoms with E-state index in [9.17, 15) is 68.1 Å². The first-order valence-electron chi connectivity index (χ1n) is 23.5. The molecule has 8 atom stereocenters. The lowest BCUT2D eigenvalue weighted by molar-refractivity contribution is -0.145. The van der Waals surface area contributed by atoms with Crippen LogP contribution in [-0.2, 0) is 59.2 Å². The molecule has 1 aromatic carbocycles. The molecule has 1 heterocycles.